The van der Waals surface area contributed by atoms with Crippen molar-refractivity contribution in [2.75, 3.05) is 26.2 Å². The van der Waals surface area contributed by atoms with Crippen LogP contribution in [0, 0.1) is 23.7 Å². The number of rotatable bonds is 3. The molecule has 1 aromatic rings. The molecule has 130 valence electrons. The molecule has 24 heavy (non-hydrogen) atoms. The summed E-state index contributed by atoms with van der Waals surface area (Å²) in [5.74, 6) is 4.24. The summed E-state index contributed by atoms with van der Waals surface area (Å²) >= 11 is 6.13. The first kappa shape index (κ1) is 15.7. The molecule has 0 spiro atoms. The molecule has 4 aliphatic carbocycles. The van der Waals surface area contributed by atoms with Gasteiger partial charge in [-0.2, -0.15) is 0 Å². The maximum Gasteiger partial charge on any atom is 0.0409 e. The zero-order valence-electron chi connectivity index (χ0n) is 14.5. The number of halogens is 1. The first-order valence-electron chi connectivity index (χ1n) is 9.95. The van der Waals surface area contributed by atoms with Gasteiger partial charge in [0.25, 0.3) is 0 Å². The smallest absolute Gasteiger partial charge is 0.0409 e. The second kappa shape index (κ2) is 6.30. The molecule has 0 N–H and O–H groups in total. The summed E-state index contributed by atoms with van der Waals surface area (Å²) in [7, 11) is 0. The Labute approximate surface area is 151 Å². The van der Waals surface area contributed by atoms with Crippen LogP contribution >= 0.6 is 11.6 Å². The fourth-order valence-corrected chi connectivity index (χ4v) is 6.82. The lowest BCUT2D eigenvalue weighted by Crippen LogP contribution is -2.60. The van der Waals surface area contributed by atoms with Gasteiger partial charge in [-0.15, -0.1) is 0 Å². The molecule has 0 unspecified atom stereocenters. The van der Waals surface area contributed by atoms with Crippen molar-refractivity contribution >= 4 is 11.6 Å². The van der Waals surface area contributed by atoms with Crippen molar-refractivity contribution in [3.63, 3.8) is 0 Å². The van der Waals surface area contributed by atoms with E-state index >= 15 is 0 Å². The van der Waals surface area contributed by atoms with Gasteiger partial charge in [-0.25, -0.2) is 0 Å². The Morgan fingerprint density at radius 2 is 1.54 bits per heavy atom. The zero-order valence-corrected chi connectivity index (χ0v) is 15.3. The van der Waals surface area contributed by atoms with E-state index in [0.29, 0.717) is 0 Å². The molecule has 0 amide bonds. The Balaban J connectivity index is 1.20. The largest absolute Gasteiger partial charge is 0.297 e. The van der Waals surface area contributed by atoms with E-state index in [1.807, 2.05) is 6.07 Å². The van der Waals surface area contributed by atoms with Gasteiger partial charge in [0.05, 0.1) is 0 Å². The molecule has 0 aromatic heterocycles. The van der Waals surface area contributed by atoms with Gasteiger partial charge in [0.2, 0.25) is 0 Å². The monoisotopic (exact) mass is 344 g/mol. The third-order valence-corrected chi connectivity index (χ3v) is 7.54. The normalized spacial score (nSPS) is 39.5. The number of benzene rings is 1. The predicted molar refractivity (Wildman–Crippen MR) is 99.1 cm³/mol. The van der Waals surface area contributed by atoms with E-state index in [4.69, 9.17) is 11.6 Å². The molecule has 4 saturated carbocycles. The van der Waals surface area contributed by atoms with Crippen LogP contribution in [0.1, 0.15) is 37.7 Å². The van der Waals surface area contributed by atoms with E-state index in [-0.39, 0.29) is 0 Å². The van der Waals surface area contributed by atoms with Crippen molar-refractivity contribution in [3.8, 4) is 0 Å². The number of nitrogens with zero attached hydrogens (tertiary/aromatic N) is 2. The van der Waals surface area contributed by atoms with E-state index in [9.17, 15) is 0 Å². The molecule has 4 bridgehead atoms. The zero-order chi connectivity index (χ0) is 16.1. The van der Waals surface area contributed by atoms with Gasteiger partial charge in [0.1, 0.15) is 0 Å². The number of hydrogen-bond donors (Lipinski definition) is 0. The van der Waals surface area contributed by atoms with Crippen LogP contribution in [0.5, 0.6) is 0 Å². The van der Waals surface area contributed by atoms with Gasteiger partial charge < -0.3 is 0 Å². The summed E-state index contributed by atoms with van der Waals surface area (Å²) in [6.07, 6.45) is 7.73. The van der Waals surface area contributed by atoms with Crippen molar-refractivity contribution in [3.05, 3.63) is 34.9 Å². The second-order valence-electron chi connectivity index (χ2n) is 8.86. The maximum atomic E-state index is 6.13. The van der Waals surface area contributed by atoms with Crippen LogP contribution in [-0.4, -0.2) is 42.0 Å². The van der Waals surface area contributed by atoms with Gasteiger partial charge in [-0.05, 0) is 73.5 Å². The Kier molecular flexibility index (Phi) is 4.11. The fourth-order valence-electron chi connectivity index (χ4n) is 6.61. The van der Waals surface area contributed by atoms with Gasteiger partial charge in [-0.3, -0.25) is 9.80 Å². The van der Waals surface area contributed by atoms with Crippen molar-refractivity contribution in [1.29, 1.82) is 0 Å². The average Bonchev–Trinajstić information content (AvgIpc) is 2.55. The third-order valence-electron chi connectivity index (χ3n) is 7.30. The fraction of sp³-hybridized carbons (Fsp3) is 0.714. The molecule has 6 rings (SSSR count). The molecule has 5 aliphatic rings. The summed E-state index contributed by atoms with van der Waals surface area (Å²) in [5, 5.41) is 0.861. The van der Waals surface area contributed by atoms with Crippen LogP contribution in [0.4, 0.5) is 0 Å². The van der Waals surface area contributed by atoms with Gasteiger partial charge in [0.15, 0.2) is 0 Å². The molecule has 1 heterocycles. The van der Waals surface area contributed by atoms with Crippen LogP contribution in [0.25, 0.3) is 0 Å². The van der Waals surface area contributed by atoms with Crippen LogP contribution in [0.3, 0.4) is 0 Å². The number of hydrogen-bond acceptors (Lipinski definition) is 2. The molecule has 1 aromatic carbocycles. The van der Waals surface area contributed by atoms with Crippen molar-refractivity contribution in [2.24, 2.45) is 23.7 Å². The van der Waals surface area contributed by atoms with Crippen LogP contribution < -0.4 is 0 Å². The maximum absolute atomic E-state index is 6.13. The predicted octanol–water partition coefficient (Wildman–Crippen LogP) is 4.28. The molecule has 5 fully saturated rings. The third kappa shape index (κ3) is 2.91. The standard InChI is InChI=1S/C21H29ClN2/c22-20-3-1-2-15(13-20)14-23-4-6-24(7-5-23)21-18-9-16-8-17(11-18)12-19(21)10-16/h1-3,13,16-19,21H,4-12,14H2. The summed E-state index contributed by atoms with van der Waals surface area (Å²) in [6, 6.07) is 9.28. The van der Waals surface area contributed by atoms with Crippen molar-refractivity contribution in [2.45, 2.75) is 44.7 Å². The second-order valence-corrected chi connectivity index (χ2v) is 9.30. The van der Waals surface area contributed by atoms with Crippen LogP contribution in [-0.2, 0) is 6.54 Å². The highest BCUT2D eigenvalue weighted by Gasteiger charge is 2.50. The van der Waals surface area contributed by atoms with E-state index in [1.54, 1.807) is 32.1 Å². The summed E-state index contributed by atoms with van der Waals surface area (Å²) < 4.78 is 0. The van der Waals surface area contributed by atoms with Gasteiger partial charge in [-0.1, -0.05) is 23.7 Å². The lowest BCUT2D eigenvalue weighted by atomic mass is 9.54. The Morgan fingerprint density at radius 1 is 0.875 bits per heavy atom. The molecule has 3 heteroatoms. The quantitative estimate of drug-likeness (QED) is 0.807. The Morgan fingerprint density at radius 3 is 2.17 bits per heavy atom. The summed E-state index contributed by atoms with van der Waals surface area (Å²) in [4.78, 5) is 5.49. The highest BCUT2D eigenvalue weighted by atomic mass is 35.5. The van der Waals surface area contributed by atoms with Gasteiger partial charge >= 0.3 is 0 Å². The Bertz CT molecular complexity index is 565. The minimum atomic E-state index is 0.861. The highest BCUT2D eigenvalue weighted by molar-refractivity contribution is 6.30. The lowest BCUT2D eigenvalue weighted by Gasteiger charge is -2.58. The highest BCUT2D eigenvalue weighted by Crippen LogP contribution is 2.55. The topological polar surface area (TPSA) is 6.48 Å². The average molecular weight is 345 g/mol. The molecule has 2 nitrogen and oxygen atoms in total. The lowest BCUT2D eigenvalue weighted by molar-refractivity contribution is -0.0769. The first-order valence-corrected chi connectivity index (χ1v) is 10.3. The van der Waals surface area contributed by atoms with E-state index in [2.05, 4.69) is 28.0 Å². The SMILES string of the molecule is Clc1cccc(CN2CCN(C3C4CC5CC(C4)CC3C5)CC2)c1. The van der Waals surface area contributed by atoms with Crippen molar-refractivity contribution < 1.29 is 0 Å². The van der Waals surface area contributed by atoms with Crippen LogP contribution in [0.15, 0.2) is 24.3 Å². The van der Waals surface area contributed by atoms with E-state index in [1.165, 1.54) is 31.7 Å². The molecular weight excluding hydrogens is 316 g/mol. The van der Waals surface area contributed by atoms with E-state index < -0.39 is 0 Å². The summed E-state index contributed by atoms with van der Waals surface area (Å²) in [5.41, 5.74) is 1.35. The molecule has 0 atom stereocenters. The Hall–Kier alpha value is -0.570. The minimum absolute atomic E-state index is 0.861. The van der Waals surface area contributed by atoms with Gasteiger partial charge in [0, 0.05) is 43.8 Å². The van der Waals surface area contributed by atoms with Crippen molar-refractivity contribution in [1.82, 2.24) is 9.80 Å². The summed E-state index contributed by atoms with van der Waals surface area (Å²) in [6.45, 7) is 6.03. The molecule has 1 aliphatic heterocycles. The molecular formula is C21H29ClN2. The number of piperazine rings is 1. The minimum Gasteiger partial charge on any atom is -0.297 e. The molecule has 1 saturated heterocycles. The first-order chi connectivity index (χ1) is 11.7. The van der Waals surface area contributed by atoms with Crippen LogP contribution in [0.2, 0.25) is 5.02 Å². The van der Waals surface area contributed by atoms with E-state index in [0.717, 1.165) is 41.3 Å². The molecule has 0 radical (unpaired) electrons.